The van der Waals surface area contributed by atoms with Crippen molar-refractivity contribution in [2.45, 2.75) is 39.3 Å². The van der Waals surface area contributed by atoms with E-state index in [9.17, 15) is 14.7 Å². The summed E-state index contributed by atoms with van der Waals surface area (Å²) in [4.78, 5) is 22.2. The van der Waals surface area contributed by atoms with Crippen molar-refractivity contribution in [2.75, 3.05) is 6.54 Å². The van der Waals surface area contributed by atoms with Gasteiger partial charge in [0.2, 0.25) is 0 Å². The molecule has 21 heavy (non-hydrogen) atoms. The van der Waals surface area contributed by atoms with Crippen molar-refractivity contribution in [1.82, 2.24) is 20.4 Å². The van der Waals surface area contributed by atoms with E-state index in [1.165, 1.54) is 6.92 Å². The second kappa shape index (κ2) is 6.57. The summed E-state index contributed by atoms with van der Waals surface area (Å²) in [6.07, 6.45) is -0.436. The van der Waals surface area contributed by atoms with Gasteiger partial charge in [0.15, 0.2) is 0 Å². The number of aromatic nitrogens is 2. The van der Waals surface area contributed by atoms with Crippen LogP contribution in [0.25, 0.3) is 0 Å². The summed E-state index contributed by atoms with van der Waals surface area (Å²) in [7, 11) is 1.83. The van der Waals surface area contributed by atoms with Gasteiger partial charge in [-0.1, -0.05) is 0 Å². The standard InChI is InChI=1S/C13H22N4O4/c1-8-10(9(2)17(4)16-8)6-14-12(20)15-7-13(3,21)5-11(18)19/h21H,5-7H2,1-4H3,(H,18,19)(H2,14,15,20). The molecule has 1 aromatic rings. The largest absolute Gasteiger partial charge is 0.481 e. The Bertz CT molecular complexity index is 537. The third-order valence-corrected chi connectivity index (χ3v) is 3.25. The summed E-state index contributed by atoms with van der Waals surface area (Å²) in [6, 6.07) is -0.469. The van der Waals surface area contributed by atoms with Crippen LogP contribution in [0.3, 0.4) is 0 Å². The highest BCUT2D eigenvalue weighted by Gasteiger charge is 2.24. The highest BCUT2D eigenvalue weighted by molar-refractivity contribution is 5.74. The first-order chi connectivity index (χ1) is 9.62. The molecule has 1 rings (SSSR count). The van der Waals surface area contributed by atoms with E-state index < -0.39 is 24.0 Å². The quantitative estimate of drug-likeness (QED) is 0.592. The molecule has 8 nitrogen and oxygen atoms in total. The molecule has 0 saturated heterocycles. The first kappa shape index (κ1) is 17.0. The van der Waals surface area contributed by atoms with Gasteiger partial charge in [0.25, 0.3) is 0 Å². The molecular weight excluding hydrogens is 276 g/mol. The van der Waals surface area contributed by atoms with E-state index in [0.717, 1.165) is 17.0 Å². The lowest BCUT2D eigenvalue weighted by atomic mass is 10.0. The molecule has 2 amide bonds. The second-order valence-corrected chi connectivity index (χ2v) is 5.38. The van der Waals surface area contributed by atoms with Gasteiger partial charge in [0, 0.05) is 31.4 Å². The van der Waals surface area contributed by atoms with E-state index in [1.54, 1.807) is 4.68 Å². The number of carbonyl (C=O) groups is 2. The van der Waals surface area contributed by atoms with Crippen LogP contribution in [0.4, 0.5) is 4.79 Å². The summed E-state index contributed by atoms with van der Waals surface area (Å²) in [6.45, 7) is 5.30. The summed E-state index contributed by atoms with van der Waals surface area (Å²) < 4.78 is 1.74. The molecular formula is C13H22N4O4. The molecule has 0 spiro atoms. The van der Waals surface area contributed by atoms with Crippen LogP contribution in [0.1, 0.15) is 30.3 Å². The van der Waals surface area contributed by atoms with Crippen molar-refractivity contribution < 1.29 is 19.8 Å². The third kappa shape index (κ3) is 5.07. The minimum Gasteiger partial charge on any atom is -0.481 e. The number of nitrogens with one attached hydrogen (secondary N) is 2. The van der Waals surface area contributed by atoms with E-state index in [-0.39, 0.29) is 6.54 Å². The molecule has 0 aromatic carbocycles. The Morgan fingerprint density at radius 2 is 1.95 bits per heavy atom. The van der Waals surface area contributed by atoms with Gasteiger partial charge < -0.3 is 20.8 Å². The van der Waals surface area contributed by atoms with Gasteiger partial charge in [0.05, 0.1) is 17.7 Å². The molecule has 1 unspecified atom stereocenters. The smallest absolute Gasteiger partial charge is 0.315 e. The Labute approximate surface area is 123 Å². The zero-order valence-electron chi connectivity index (χ0n) is 12.7. The number of carboxylic acid groups (broad SMARTS) is 1. The van der Waals surface area contributed by atoms with Gasteiger partial charge in [-0.2, -0.15) is 5.10 Å². The number of hydrogen-bond donors (Lipinski definition) is 4. The van der Waals surface area contributed by atoms with E-state index in [4.69, 9.17) is 5.11 Å². The highest BCUT2D eigenvalue weighted by Crippen LogP contribution is 2.11. The van der Waals surface area contributed by atoms with E-state index in [2.05, 4.69) is 15.7 Å². The van der Waals surface area contributed by atoms with Crippen LogP contribution in [0, 0.1) is 13.8 Å². The summed E-state index contributed by atoms with van der Waals surface area (Å²) in [5.41, 5.74) is 1.26. The summed E-state index contributed by atoms with van der Waals surface area (Å²) in [5.74, 6) is -1.12. The molecule has 0 radical (unpaired) electrons. The van der Waals surface area contributed by atoms with Gasteiger partial charge in [0.1, 0.15) is 0 Å². The first-order valence-corrected chi connectivity index (χ1v) is 6.57. The van der Waals surface area contributed by atoms with Crippen LogP contribution >= 0.6 is 0 Å². The Morgan fingerprint density at radius 3 is 2.43 bits per heavy atom. The molecule has 1 aromatic heterocycles. The topological polar surface area (TPSA) is 116 Å². The van der Waals surface area contributed by atoms with Crippen molar-refractivity contribution >= 4 is 12.0 Å². The van der Waals surface area contributed by atoms with Crippen LogP contribution in [-0.4, -0.2) is 44.1 Å². The number of aryl methyl sites for hydroxylation is 2. The second-order valence-electron chi connectivity index (χ2n) is 5.38. The van der Waals surface area contributed by atoms with Crippen molar-refractivity contribution in [3.8, 4) is 0 Å². The van der Waals surface area contributed by atoms with Crippen molar-refractivity contribution in [3.05, 3.63) is 17.0 Å². The minimum absolute atomic E-state index is 0.143. The number of carboxylic acids is 1. The van der Waals surface area contributed by atoms with Crippen molar-refractivity contribution in [1.29, 1.82) is 0 Å². The average Bonchev–Trinajstić information content (AvgIpc) is 2.57. The minimum atomic E-state index is -1.48. The number of aliphatic carboxylic acids is 1. The first-order valence-electron chi connectivity index (χ1n) is 6.57. The fourth-order valence-corrected chi connectivity index (χ4v) is 1.96. The normalized spacial score (nSPS) is 13.6. The lowest BCUT2D eigenvalue weighted by Crippen LogP contribution is -2.45. The lowest BCUT2D eigenvalue weighted by Gasteiger charge is -2.21. The molecule has 118 valence electrons. The van der Waals surface area contributed by atoms with E-state index in [1.807, 2.05) is 20.9 Å². The number of urea groups is 1. The number of amides is 2. The average molecular weight is 298 g/mol. The zero-order chi connectivity index (χ0) is 16.2. The number of hydrogen-bond acceptors (Lipinski definition) is 4. The number of nitrogens with zero attached hydrogens (tertiary/aromatic N) is 2. The summed E-state index contributed by atoms with van der Waals surface area (Å²) >= 11 is 0. The monoisotopic (exact) mass is 298 g/mol. The third-order valence-electron chi connectivity index (χ3n) is 3.25. The molecule has 0 fully saturated rings. The zero-order valence-corrected chi connectivity index (χ0v) is 12.7. The fourth-order valence-electron chi connectivity index (χ4n) is 1.96. The lowest BCUT2D eigenvalue weighted by molar-refractivity contribution is -0.141. The van der Waals surface area contributed by atoms with Gasteiger partial charge in [-0.25, -0.2) is 4.79 Å². The Balaban J connectivity index is 2.46. The number of rotatable bonds is 6. The molecule has 8 heteroatoms. The fraction of sp³-hybridized carbons (Fsp3) is 0.615. The Kier molecular flexibility index (Phi) is 5.31. The molecule has 4 N–H and O–H groups in total. The van der Waals surface area contributed by atoms with E-state index >= 15 is 0 Å². The van der Waals surface area contributed by atoms with Crippen molar-refractivity contribution in [3.63, 3.8) is 0 Å². The number of carbonyl (C=O) groups excluding carboxylic acids is 1. The molecule has 0 bridgehead atoms. The van der Waals surface area contributed by atoms with Crippen molar-refractivity contribution in [2.24, 2.45) is 7.05 Å². The highest BCUT2D eigenvalue weighted by atomic mass is 16.4. The maximum atomic E-state index is 11.7. The Morgan fingerprint density at radius 1 is 1.33 bits per heavy atom. The van der Waals surface area contributed by atoms with Gasteiger partial charge in [-0.3, -0.25) is 9.48 Å². The molecule has 1 heterocycles. The van der Waals surface area contributed by atoms with Gasteiger partial charge >= 0.3 is 12.0 Å². The maximum Gasteiger partial charge on any atom is 0.315 e. The molecule has 0 aliphatic heterocycles. The predicted octanol–water partition coefficient (Wildman–Crippen LogP) is 0.0618. The van der Waals surface area contributed by atoms with E-state index in [0.29, 0.717) is 6.54 Å². The molecule has 0 aliphatic carbocycles. The molecule has 0 aliphatic rings. The van der Waals surface area contributed by atoms with Crippen LogP contribution in [-0.2, 0) is 18.4 Å². The molecule has 0 saturated carbocycles. The Hall–Kier alpha value is -2.09. The summed E-state index contributed by atoms with van der Waals surface area (Å²) in [5, 5.41) is 27.8. The maximum absolute atomic E-state index is 11.7. The molecule has 1 atom stereocenters. The van der Waals surface area contributed by atoms with Gasteiger partial charge in [-0.05, 0) is 20.8 Å². The van der Waals surface area contributed by atoms with Crippen LogP contribution < -0.4 is 10.6 Å². The van der Waals surface area contributed by atoms with Crippen LogP contribution in [0.2, 0.25) is 0 Å². The predicted molar refractivity (Wildman–Crippen MR) is 75.8 cm³/mol. The SMILES string of the molecule is Cc1nn(C)c(C)c1CNC(=O)NCC(C)(O)CC(=O)O. The van der Waals surface area contributed by atoms with Crippen LogP contribution in [0.5, 0.6) is 0 Å². The van der Waals surface area contributed by atoms with Crippen LogP contribution in [0.15, 0.2) is 0 Å². The van der Waals surface area contributed by atoms with Gasteiger partial charge in [-0.15, -0.1) is 0 Å². The number of aliphatic hydroxyl groups is 1.